The van der Waals surface area contributed by atoms with E-state index in [1.54, 1.807) is 0 Å². The van der Waals surface area contributed by atoms with Crippen molar-refractivity contribution in [1.29, 1.82) is 0 Å². The molecule has 6 heteroatoms. The first-order chi connectivity index (χ1) is 10.1. The van der Waals surface area contributed by atoms with Crippen LogP contribution in [-0.2, 0) is 14.6 Å². The topological polar surface area (TPSA) is 98.6 Å². The van der Waals surface area contributed by atoms with Crippen LogP contribution in [0.2, 0.25) is 0 Å². The van der Waals surface area contributed by atoms with E-state index in [9.17, 15) is 8.42 Å². The molecule has 0 heterocycles. The summed E-state index contributed by atoms with van der Waals surface area (Å²) in [6, 6.07) is 0. The molecule has 0 saturated heterocycles. The van der Waals surface area contributed by atoms with Crippen LogP contribution in [0.3, 0.4) is 0 Å². The third-order valence-electron chi connectivity index (χ3n) is 3.73. The number of hydrogen-bond acceptors (Lipinski definition) is 4. The minimum atomic E-state index is -4.24. The van der Waals surface area contributed by atoms with Crippen molar-refractivity contribution >= 4 is 10.4 Å². The summed E-state index contributed by atoms with van der Waals surface area (Å²) >= 11 is 0. The highest BCUT2D eigenvalue weighted by Gasteiger charge is 2.02. The summed E-state index contributed by atoms with van der Waals surface area (Å²) in [5.41, 5.74) is 0. The molecule has 0 aromatic heterocycles. The third kappa shape index (κ3) is 22.1. The van der Waals surface area contributed by atoms with Crippen LogP contribution in [0, 0.1) is 0 Å². The van der Waals surface area contributed by atoms with Crippen LogP contribution in [0.25, 0.3) is 0 Å². The number of rotatable bonds is 16. The van der Waals surface area contributed by atoms with Crippen LogP contribution >= 0.6 is 0 Å². The average Bonchev–Trinajstić information content (AvgIpc) is 2.42. The highest BCUT2D eigenvalue weighted by Crippen LogP contribution is 2.12. The van der Waals surface area contributed by atoms with E-state index in [4.69, 9.17) is 4.55 Å². The molecule has 0 rings (SSSR count). The second-order valence-corrected chi connectivity index (χ2v) is 6.94. The molecule has 0 aromatic carbocycles. The maximum atomic E-state index is 10.3. The van der Waals surface area contributed by atoms with Crippen LogP contribution in [0.5, 0.6) is 0 Å². The molecule has 0 aliphatic heterocycles. The molecule has 0 amide bonds. The molecule has 5 nitrogen and oxygen atoms in total. The van der Waals surface area contributed by atoms with E-state index >= 15 is 0 Å². The van der Waals surface area contributed by atoms with Gasteiger partial charge in [0.2, 0.25) is 0 Å². The van der Waals surface area contributed by atoms with Gasteiger partial charge in [0, 0.05) is 0 Å². The van der Waals surface area contributed by atoms with Gasteiger partial charge < -0.3 is 6.15 Å². The Morgan fingerprint density at radius 3 is 1.32 bits per heavy atom. The molecule has 0 radical (unpaired) electrons. The van der Waals surface area contributed by atoms with Crippen LogP contribution < -0.4 is 6.15 Å². The molecule has 22 heavy (non-hydrogen) atoms. The molecule has 0 bridgehead atoms. The van der Waals surface area contributed by atoms with Crippen molar-refractivity contribution in [2.24, 2.45) is 0 Å². The second kappa shape index (κ2) is 17.2. The van der Waals surface area contributed by atoms with Gasteiger partial charge in [0.05, 0.1) is 6.61 Å². The summed E-state index contributed by atoms with van der Waals surface area (Å²) in [5, 5.41) is 0. The predicted octanol–water partition coefficient (Wildman–Crippen LogP) is 5.45. The Hall–Kier alpha value is -0.170. The highest BCUT2D eigenvalue weighted by atomic mass is 32.3. The minimum Gasteiger partial charge on any atom is -0.344 e. The molecule has 0 aliphatic carbocycles. The fourth-order valence-electron chi connectivity index (χ4n) is 2.46. The number of hydrogen-bond donors (Lipinski definition) is 2. The van der Waals surface area contributed by atoms with E-state index in [2.05, 4.69) is 11.1 Å². The van der Waals surface area contributed by atoms with Crippen molar-refractivity contribution in [2.45, 2.75) is 96.8 Å². The molecule has 0 saturated carbocycles. The maximum absolute atomic E-state index is 10.3. The smallest absolute Gasteiger partial charge is 0.344 e. The Kier molecular flexibility index (Phi) is 18.8. The van der Waals surface area contributed by atoms with E-state index in [1.807, 2.05) is 0 Å². The van der Waals surface area contributed by atoms with Gasteiger partial charge in [-0.15, -0.1) is 0 Å². The van der Waals surface area contributed by atoms with Gasteiger partial charge in [0.1, 0.15) is 0 Å². The molecule has 0 aliphatic rings. The fourth-order valence-corrected chi connectivity index (χ4v) is 2.79. The Morgan fingerprint density at radius 2 is 1.00 bits per heavy atom. The molecular weight excluding hydrogens is 302 g/mol. The summed E-state index contributed by atoms with van der Waals surface area (Å²) in [7, 11) is -4.24. The third-order valence-corrected chi connectivity index (χ3v) is 4.19. The van der Waals surface area contributed by atoms with Gasteiger partial charge in [-0.2, -0.15) is 8.42 Å². The molecule has 4 N–H and O–H groups in total. The van der Waals surface area contributed by atoms with Crippen LogP contribution in [-0.4, -0.2) is 19.6 Å². The summed E-state index contributed by atoms with van der Waals surface area (Å²) in [5.74, 6) is 0. The first-order valence-electron chi connectivity index (χ1n) is 8.68. The van der Waals surface area contributed by atoms with Gasteiger partial charge in [0.25, 0.3) is 0 Å². The maximum Gasteiger partial charge on any atom is 0.397 e. The number of unbranched alkanes of at least 4 members (excludes halogenated alkanes) is 13. The summed E-state index contributed by atoms with van der Waals surface area (Å²) in [4.78, 5) is 0. The van der Waals surface area contributed by atoms with Crippen LogP contribution in [0.1, 0.15) is 96.8 Å². The second-order valence-electron chi connectivity index (χ2n) is 5.85. The van der Waals surface area contributed by atoms with E-state index in [-0.39, 0.29) is 12.8 Å². The Balaban J connectivity index is 0. The van der Waals surface area contributed by atoms with Crippen molar-refractivity contribution in [2.75, 3.05) is 6.61 Å². The Labute approximate surface area is 137 Å². The lowest BCUT2D eigenvalue weighted by atomic mass is 10.0. The van der Waals surface area contributed by atoms with Gasteiger partial charge in [0.15, 0.2) is 0 Å². The molecular formula is C16H37NO4S. The molecule has 0 unspecified atom stereocenters. The zero-order valence-corrected chi connectivity index (χ0v) is 15.2. The first-order valence-corrected chi connectivity index (χ1v) is 10.0. The van der Waals surface area contributed by atoms with Crippen molar-refractivity contribution in [1.82, 2.24) is 6.15 Å². The van der Waals surface area contributed by atoms with Gasteiger partial charge >= 0.3 is 10.4 Å². The standard InChI is InChI=1S/C16H34O4S.H3N/c1-2-3-4-5-6-7-8-9-10-11-12-13-14-15-16-20-21(17,18)19;/h2-16H2,1H3,(H,17,18,19);1H3. The van der Waals surface area contributed by atoms with Crippen molar-refractivity contribution in [3.8, 4) is 0 Å². The minimum absolute atomic E-state index is 0. The SMILES string of the molecule is CCCCCCCCCCCCCCCCOS(=O)(=O)O.N. The normalized spacial score (nSPS) is 11.4. The van der Waals surface area contributed by atoms with Gasteiger partial charge in [-0.3, -0.25) is 4.55 Å². The van der Waals surface area contributed by atoms with Gasteiger partial charge in [-0.05, 0) is 6.42 Å². The van der Waals surface area contributed by atoms with Crippen molar-refractivity contribution in [3.05, 3.63) is 0 Å². The van der Waals surface area contributed by atoms with E-state index in [1.165, 1.54) is 70.6 Å². The summed E-state index contributed by atoms with van der Waals surface area (Å²) in [6.45, 7) is 2.35. The average molecular weight is 340 g/mol. The zero-order valence-electron chi connectivity index (χ0n) is 14.4. The van der Waals surface area contributed by atoms with E-state index in [0.29, 0.717) is 6.42 Å². The van der Waals surface area contributed by atoms with Gasteiger partial charge in [-0.25, -0.2) is 4.18 Å². The van der Waals surface area contributed by atoms with Crippen LogP contribution in [0.4, 0.5) is 0 Å². The van der Waals surface area contributed by atoms with Crippen LogP contribution in [0.15, 0.2) is 0 Å². The van der Waals surface area contributed by atoms with Gasteiger partial charge in [-0.1, -0.05) is 90.4 Å². The largest absolute Gasteiger partial charge is 0.397 e. The summed E-state index contributed by atoms with van der Waals surface area (Å²) < 4.78 is 33.2. The lowest BCUT2D eigenvalue weighted by molar-refractivity contribution is 0.261. The quantitative estimate of drug-likeness (QED) is 0.288. The molecule has 0 atom stereocenters. The van der Waals surface area contributed by atoms with E-state index < -0.39 is 10.4 Å². The zero-order chi connectivity index (χ0) is 15.8. The molecule has 0 fully saturated rings. The molecule has 0 aromatic rings. The Bertz CT molecular complexity index is 307. The molecule has 136 valence electrons. The van der Waals surface area contributed by atoms with Crippen molar-refractivity contribution < 1.29 is 17.2 Å². The fraction of sp³-hybridized carbons (Fsp3) is 1.00. The highest BCUT2D eigenvalue weighted by molar-refractivity contribution is 7.80. The van der Waals surface area contributed by atoms with Crippen molar-refractivity contribution in [3.63, 3.8) is 0 Å². The lowest BCUT2D eigenvalue weighted by Gasteiger charge is -2.03. The molecule has 0 spiro atoms. The summed E-state index contributed by atoms with van der Waals surface area (Å²) in [6.07, 6.45) is 17.6. The Morgan fingerprint density at radius 1 is 0.682 bits per heavy atom. The first kappa shape index (κ1) is 24.1. The predicted molar refractivity (Wildman–Crippen MR) is 92.8 cm³/mol. The van der Waals surface area contributed by atoms with E-state index in [0.717, 1.165) is 12.8 Å². The monoisotopic (exact) mass is 339 g/mol. The lowest BCUT2D eigenvalue weighted by Crippen LogP contribution is -2.04.